The number of aromatic nitrogens is 4. The molecule has 2 rings (SSSR count). The highest BCUT2D eigenvalue weighted by Gasteiger charge is 2.11. The standard InChI is InChI=1S/C13H17N5OS/c1-5-14-11-8(3)12(17-9(4)16-11)20-13-15-7(2)6-10(19)18-13/h6H,5H2,1-4H3,(H,14,16,17)(H,15,18,19). The van der Waals surface area contributed by atoms with Crippen LogP contribution < -0.4 is 10.9 Å². The fourth-order valence-corrected chi connectivity index (χ4v) is 2.69. The average molecular weight is 291 g/mol. The quantitative estimate of drug-likeness (QED) is 0.663. The Kier molecular flexibility index (Phi) is 4.39. The molecule has 0 amide bonds. The third-order valence-electron chi connectivity index (χ3n) is 2.60. The van der Waals surface area contributed by atoms with E-state index in [0.29, 0.717) is 16.7 Å². The van der Waals surface area contributed by atoms with Gasteiger partial charge in [-0.15, -0.1) is 0 Å². The molecule has 0 bridgehead atoms. The van der Waals surface area contributed by atoms with E-state index in [1.165, 1.54) is 17.8 Å². The molecule has 106 valence electrons. The second kappa shape index (κ2) is 6.04. The van der Waals surface area contributed by atoms with Crippen molar-refractivity contribution < 1.29 is 0 Å². The SMILES string of the molecule is CCNc1nc(C)nc(Sc2nc(C)cc(=O)[nH]2)c1C. The largest absolute Gasteiger partial charge is 0.370 e. The summed E-state index contributed by atoms with van der Waals surface area (Å²) in [5.74, 6) is 1.50. The number of rotatable bonds is 4. The van der Waals surface area contributed by atoms with Gasteiger partial charge in [0.15, 0.2) is 5.16 Å². The van der Waals surface area contributed by atoms with Gasteiger partial charge >= 0.3 is 0 Å². The molecule has 0 aliphatic rings. The van der Waals surface area contributed by atoms with Crippen LogP contribution in [-0.4, -0.2) is 26.5 Å². The van der Waals surface area contributed by atoms with Crippen molar-refractivity contribution in [3.05, 3.63) is 33.5 Å². The number of hydrogen-bond acceptors (Lipinski definition) is 6. The van der Waals surface area contributed by atoms with Crippen LogP contribution in [0.1, 0.15) is 24.0 Å². The van der Waals surface area contributed by atoms with Crippen molar-refractivity contribution in [3.8, 4) is 0 Å². The first-order valence-electron chi connectivity index (χ1n) is 6.34. The van der Waals surface area contributed by atoms with Gasteiger partial charge in [-0.2, -0.15) is 0 Å². The summed E-state index contributed by atoms with van der Waals surface area (Å²) in [6, 6.07) is 1.46. The Hall–Kier alpha value is -1.89. The molecule has 7 heteroatoms. The second-order valence-corrected chi connectivity index (χ2v) is 5.35. The Morgan fingerprint density at radius 3 is 2.65 bits per heavy atom. The van der Waals surface area contributed by atoms with Crippen LogP contribution in [-0.2, 0) is 0 Å². The zero-order valence-electron chi connectivity index (χ0n) is 11.9. The van der Waals surface area contributed by atoms with Gasteiger partial charge < -0.3 is 10.3 Å². The first kappa shape index (κ1) is 14.5. The van der Waals surface area contributed by atoms with E-state index in [9.17, 15) is 4.79 Å². The van der Waals surface area contributed by atoms with Crippen molar-refractivity contribution in [3.63, 3.8) is 0 Å². The summed E-state index contributed by atoms with van der Waals surface area (Å²) in [5.41, 5.74) is 1.48. The number of hydrogen-bond donors (Lipinski definition) is 2. The van der Waals surface area contributed by atoms with Gasteiger partial charge in [0.25, 0.3) is 5.56 Å². The van der Waals surface area contributed by atoms with Crippen LogP contribution in [0.15, 0.2) is 21.0 Å². The molecule has 0 aliphatic carbocycles. The van der Waals surface area contributed by atoms with E-state index in [0.717, 1.165) is 23.0 Å². The average Bonchev–Trinajstić information content (AvgIpc) is 2.34. The highest BCUT2D eigenvalue weighted by molar-refractivity contribution is 7.99. The van der Waals surface area contributed by atoms with Crippen molar-refractivity contribution >= 4 is 17.6 Å². The minimum absolute atomic E-state index is 0.157. The highest BCUT2D eigenvalue weighted by Crippen LogP contribution is 2.28. The monoisotopic (exact) mass is 291 g/mol. The predicted octanol–water partition coefficient (Wildman–Crippen LogP) is 2.07. The van der Waals surface area contributed by atoms with Gasteiger partial charge in [0.2, 0.25) is 0 Å². The lowest BCUT2D eigenvalue weighted by molar-refractivity contribution is 0.888. The van der Waals surface area contributed by atoms with Crippen LogP contribution in [0.2, 0.25) is 0 Å². The van der Waals surface area contributed by atoms with E-state index in [1.54, 1.807) is 6.92 Å². The lowest BCUT2D eigenvalue weighted by Crippen LogP contribution is -2.09. The van der Waals surface area contributed by atoms with Crippen LogP contribution >= 0.6 is 11.8 Å². The third kappa shape index (κ3) is 3.36. The first-order chi connectivity index (χ1) is 9.49. The Bertz CT molecular complexity index is 683. The van der Waals surface area contributed by atoms with Crippen LogP contribution in [0.25, 0.3) is 0 Å². The van der Waals surface area contributed by atoms with E-state index >= 15 is 0 Å². The van der Waals surface area contributed by atoms with Gasteiger partial charge in [0.05, 0.1) is 0 Å². The van der Waals surface area contributed by atoms with Crippen molar-refractivity contribution in [2.45, 2.75) is 37.9 Å². The molecule has 20 heavy (non-hydrogen) atoms. The van der Waals surface area contributed by atoms with Gasteiger partial charge in [-0.1, -0.05) is 0 Å². The Balaban J connectivity index is 2.40. The van der Waals surface area contributed by atoms with Crippen molar-refractivity contribution in [2.24, 2.45) is 0 Å². The van der Waals surface area contributed by atoms with Crippen LogP contribution in [0.3, 0.4) is 0 Å². The van der Waals surface area contributed by atoms with Crippen molar-refractivity contribution in [1.82, 2.24) is 19.9 Å². The summed E-state index contributed by atoms with van der Waals surface area (Å²) in [7, 11) is 0. The fourth-order valence-electron chi connectivity index (χ4n) is 1.73. The van der Waals surface area contributed by atoms with E-state index in [2.05, 4.69) is 25.3 Å². The molecule has 0 aromatic carbocycles. The zero-order chi connectivity index (χ0) is 14.7. The molecule has 0 unspecified atom stereocenters. The van der Waals surface area contributed by atoms with E-state index in [1.807, 2.05) is 20.8 Å². The van der Waals surface area contributed by atoms with E-state index < -0.39 is 0 Å². The maximum absolute atomic E-state index is 11.5. The Morgan fingerprint density at radius 2 is 2.00 bits per heavy atom. The molecule has 0 atom stereocenters. The van der Waals surface area contributed by atoms with Gasteiger partial charge in [0, 0.05) is 23.9 Å². The summed E-state index contributed by atoms with van der Waals surface area (Å²) >= 11 is 1.34. The number of aryl methyl sites for hydroxylation is 2. The molecule has 0 saturated heterocycles. The molecule has 0 fully saturated rings. The molecular formula is C13H17N5OS. The number of nitrogens with zero attached hydrogens (tertiary/aromatic N) is 3. The summed E-state index contributed by atoms with van der Waals surface area (Å²) in [6.07, 6.45) is 0. The Morgan fingerprint density at radius 1 is 1.25 bits per heavy atom. The van der Waals surface area contributed by atoms with Gasteiger partial charge in [-0.05, 0) is 39.5 Å². The van der Waals surface area contributed by atoms with Crippen molar-refractivity contribution in [1.29, 1.82) is 0 Å². The summed E-state index contributed by atoms with van der Waals surface area (Å²) in [5, 5.41) is 4.54. The number of nitrogens with one attached hydrogen (secondary N) is 2. The fraction of sp³-hybridized carbons (Fsp3) is 0.385. The lowest BCUT2D eigenvalue weighted by atomic mass is 10.3. The molecule has 2 aromatic rings. The molecule has 0 aliphatic heterocycles. The normalized spacial score (nSPS) is 10.6. The molecule has 0 radical (unpaired) electrons. The summed E-state index contributed by atoms with van der Waals surface area (Å²) in [4.78, 5) is 27.3. The summed E-state index contributed by atoms with van der Waals surface area (Å²) < 4.78 is 0. The topological polar surface area (TPSA) is 83.6 Å². The maximum atomic E-state index is 11.5. The predicted molar refractivity (Wildman–Crippen MR) is 79.4 cm³/mol. The van der Waals surface area contributed by atoms with Gasteiger partial charge in [-0.25, -0.2) is 15.0 Å². The third-order valence-corrected chi connectivity index (χ3v) is 3.58. The van der Waals surface area contributed by atoms with Crippen LogP contribution in [0.4, 0.5) is 5.82 Å². The molecule has 2 N–H and O–H groups in total. The van der Waals surface area contributed by atoms with Gasteiger partial charge in [-0.3, -0.25) is 4.79 Å². The minimum Gasteiger partial charge on any atom is -0.370 e. The molecule has 6 nitrogen and oxygen atoms in total. The number of H-pyrrole nitrogens is 1. The van der Waals surface area contributed by atoms with Gasteiger partial charge in [0.1, 0.15) is 16.7 Å². The molecule has 0 spiro atoms. The van der Waals surface area contributed by atoms with Crippen molar-refractivity contribution in [2.75, 3.05) is 11.9 Å². The maximum Gasteiger partial charge on any atom is 0.251 e. The van der Waals surface area contributed by atoms with E-state index in [-0.39, 0.29) is 5.56 Å². The Labute approximate surface area is 121 Å². The summed E-state index contributed by atoms with van der Waals surface area (Å²) in [6.45, 7) is 8.40. The van der Waals surface area contributed by atoms with Crippen LogP contribution in [0.5, 0.6) is 0 Å². The lowest BCUT2D eigenvalue weighted by Gasteiger charge is -2.11. The number of anilines is 1. The minimum atomic E-state index is -0.157. The smallest absolute Gasteiger partial charge is 0.251 e. The second-order valence-electron chi connectivity index (χ2n) is 4.37. The number of aromatic amines is 1. The van der Waals surface area contributed by atoms with E-state index in [4.69, 9.17) is 0 Å². The molecule has 2 heterocycles. The highest BCUT2D eigenvalue weighted by atomic mass is 32.2. The first-order valence-corrected chi connectivity index (χ1v) is 7.16. The molecule has 2 aromatic heterocycles. The molecular weight excluding hydrogens is 274 g/mol. The zero-order valence-corrected chi connectivity index (χ0v) is 12.8. The van der Waals surface area contributed by atoms with Crippen LogP contribution in [0, 0.1) is 20.8 Å². The molecule has 0 saturated carbocycles.